The molecule has 0 saturated heterocycles. The molecule has 6 heteroatoms. The maximum Gasteiger partial charge on any atom is 0.333 e. The van der Waals surface area contributed by atoms with E-state index < -0.39 is 28.4 Å². The van der Waals surface area contributed by atoms with Crippen molar-refractivity contribution in [2.24, 2.45) is 23.2 Å². The molecule has 6 nitrogen and oxygen atoms in total. The predicted molar refractivity (Wildman–Crippen MR) is 99.3 cm³/mol. The normalized spacial score (nSPS) is 42.9. The van der Waals surface area contributed by atoms with Gasteiger partial charge < -0.3 is 25.2 Å². The smallest absolute Gasteiger partial charge is 0.333 e. The van der Waals surface area contributed by atoms with Crippen LogP contribution in [0, 0.1) is 23.2 Å². The van der Waals surface area contributed by atoms with Gasteiger partial charge in [0.1, 0.15) is 0 Å². The molecule has 0 radical (unpaired) electrons. The lowest BCUT2D eigenvalue weighted by Gasteiger charge is -2.51. The minimum absolute atomic E-state index is 0.110. The van der Waals surface area contributed by atoms with Crippen molar-refractivity contribution < 1.29 is 30.0 Å². The molecule has 3 aliphatic rings. The molecule has 0 amide bonds. The molecule has 152 valence electrons. The van der Waals surface area contributed by atoms with E-state index in [9.17, 15) is 25.2 Å². The third kappa shape index (κ3) is 2.97. The average molecular weight is 380 g/mol. The van der Waals surface area contributed by atoms with E-state index in [2.05, 4.69) is 0 Å². The van der Waals surface area contributed by atoms with Gasteiger partial charge in [0.2, 0.25) is 5.79 Å². The minimum Gasteiger partial charge on any atom is -0.426 e. The van der Waals surface area contributed by atoms with Gasteiger partial charge >= 0.3 is 5.97 Å². The van der Waals surface area contributed by atoms with Gasteiger partial charge in [-0.1, -0.05) is 32.9 Å². The monoisotopic (exact) mass is 380 g/mol. The molecule has 0 aromatic rings. The predicted octanol–water partition coefficient (Wildman–Crippen LogP) is 1.67. The van der Waals surface area contributed by atoms with E-state index in [1.165, 1.54) is 6.08 Å². The average Bonchev–Trinajstić information content (AvgIpc) is 3.06. The third-order valence-electron chi connectivity index (χ3n) is 7.67. The standard InChI is InChI=1S/C21H32O6/c1-13(19(4,24)12-22)5-6-14(2)20(25)8-7-15-16-11-17(23)27-21(16,26)10-9-18(15,20)3/h5-6,11,13-15,22,24-26H,7-10,12H2,1-4H3/b6-5+/t13?,14-,15?,18+,19+,20+,21+/m1/s1. The van der Waals surface area contributed by atoms with Gasteiger partial charge in [0.25, 0.3) is 0 Å². The Morgan fingerprint density at radius 2 is 1.96 bits per heavy atom. The Bertz CT molecular complexity index is 682. The molecule has 2 aliphatic carbocycles. The third-order valence-corrected chi connectivity index (χ3v) is 7.67. The number of esters is 1. The summed E-state index contributed by atoms with van der Waals surface area (Å²) in [6.07, 6.45) is 7.23. The van der Waals surface area contributed by atoms with Gasteiger partial charge in [-0.05, 0) is 32.1 Å². The highest BCUT2D eigenvalue weighted by atomic mass is 16.7. The number of hydrogen-bond donors (Lipinski definition) is 4. The quantitative estimate of drug-likeness (QED) is 0.427. The number of hydrogen-bond acceptors (Lipinski definition) is 6. The Labute approximate surface area is 160 Å². The number of carbonyl (C=O) groups excluding carboxylic acids is 1. The molecule has 1 aliphatic heterocycles. The second-order valence-electron chi connectivity index (χ2n) is 9.22. The fraction of sp³-hybridized carbons (Fsp3) is 0.762. The lowest BCUT2D eigenvalue weighted by atomic mass is 9.57. The van der Waals surface area contributed by atoms with E-state index >= 15 is 0 Å². The molecule has 0 aromatic carbocycles. The summed E-state index contributed by atoms with van der Waals surface area (Å²) in [6.45, 7) is 7.06. The van der Waals surface area contributed by atoms with Gasteiger partial charge in [-0.2, -0.15) is 0 Å². The van der Waals surface area contributed by atoms with E-state index in [-0.39, 0.29) is 30.8 Å². The van der Waals surface area contributed by atoms with Gasteiger partial charge in [-0.25, -0.2) is 4.79 Å². The van der Waals surface area contributed by atoms with Crippen LogP contribution in [-0.4, -0.2) is 50.0 Å². The first-order valence-corrected chi connectivity index (χ1v) is 9.81. The highest BCUT2D eigenvalue weighted by Crippen LogP contribution is 2.64. The Morgan fingerprint density at radius 1 is 1.30 bits per heavy atom. The van der Waals surface area contributed by atoms with Crippen molar-refractivity contribution in [3.8, 4) is 0 Å². The van der Waals surface area contributed by atoms with Gasteiger partial charge in [0.05, 0.1) is 17.8 Å². The number of ether oxygens (including phenoxy) is 1. The highest BCUT2D eigenvalue weighted by Gasteiger charge is 2.65. The minimum atomic E-state index is -1.51. The van der Waals surface area contributed by atoms with Crippen LogP contribution in [0.25, 0.3) is 0 Å². The zero-order chi connectivity index (χ0) is 20.3. The molecule has 0 spiro atoms. The zero-order valence-corrected chi connectivity index (χ0v) is 16.6. The molecule has 2 unspecified atom stereocenters. The SMILES string of the molecule is CC(/C=C/[C@@H](C)[C@@]1(O)CCC2C3=CC(=O)O[C@@]3(O)CC[C@@]21C)[C@@](C)(O)CO. The molecule has 0 bridgehead atoms. The Kier molecular flexibility index (Phi) is 4.87. The van der Waals surface area contributed by atoms with E-state index in [0.29, 0.717) is 24.8 Å². The van der Waals surface area contributed by atoms with Crippen LogP contribution >= 0.6 is 0 Å². The van der Waals surface area contributed by atoms with Gasteiger partial charge in [0, 0.05) is 35.3 Å². The second kappa shape index (κ2) is 6.41. The van der Waals surface area contributed by atoms with Gasteiger partial charge in [0.15, 0.2) is 0 Å². The second-order valence-corrected chi connectivity index (χ2v) is 9.22. The summed E-state index contributed by atoms with van der Waals surface area (Å²) in [5.41, 5.74) is -2.09. The lowest BCUT2D eigenvalue weighted by molar-refractivity contribution is -0.204. The fourth-order valence-corrected chi connectivity index (χ4v) is 5.24. The Hall–Kier alpha value is -1.21. The summed E-state index contributed by atoms with van der Waals surface area (Å²) in [6, 6.07) is 0. The molecule has 27 heavy (non-hydrogen) atoms. The fourth-order valence-electron chi connectivity index (χ4n) is 5.24. The summed E-state index contributed by atoms with van der Waals surface area (Å²) in [7, 11) is 0. The van der Waals surface area contributed by atoms with E-state index in [0.717, 1.165) is 0 Å². The van der Waals surface area contributed by atoms with Crippen molar-refractivity contribution in [2.75, 3.05) is 6.61 Å². The number of carbonyl (C=O) groups is 1. The van der Waals surface area contributed by atoms with E-state index in [1.807, 2.05) is 32.9 Å². The number of aliphatic hydroxyl groups excluding tert-OH is 1. The molecule has 7 atom stereocenters. The molecule has 2 fully saturated rings. The molecule has 2 saturated carbocycles. The van der Waals surface area contributed by atoms with Crippen molar-refractivity contribution in [3.05, 3.63) is 23.8 Å². The Balaban J connectivity index is 1.85. The first kappa shape index (κ1) is 20.5. The van der Waals surface area contributed by atoms with Crippen molar-refractivity contribution in [1.29, 1.82) is 0 Å². The van der Waals surface area contributed by atoms with Crippen LogP contribution in [0.5, 0.6) is 0 Å². The summed E-state index contributed by atoms with van der Waals surface area (Å²) < 4.78 is 5.14. The molecule has 1 heterocycles. The number of fused-ring (bicyclic) bond motifs is 3. The van der Waals surface area contributed by atoms with Crippen molar-refractivity contribution >= 4 is 5.97 Å². The summed E-state index contributed by atoms with van der Waals surface area (Å²) in [5, 5.41) is 41.8. The van der Waals surface area contributed by atoms with Crippen LogP contribution < -0.4 is 0 Å². The van der Waals surface area contributed by atoms with Crippen LogP contribution in [0.3, 0.4) is 0 Å². The number of rotatable bonds is 5. The van der Waals surface area contributed by atoms with Gasteiger partial charge in [-0.3, -0.25) is 0 Å². The molecule has 0 aromatic heterocycles. The van der Waals surface area contributed by atoms with Crippen LogP contribution in [0.1, 0.15) is 53.4 Å². The van der Waals surface area contributed by atoms with Crippen LogP contribution in [0.15, 0.2) is 23.8 Å². The molecule has 3 rings (SSSR count). The number of aliphatic hydroxyl groups is 4. The zero-order valence-electron chi connectivity index (χ0n) is 16.6. The summed E-state index contributed by atoms with van der Waals surface area (Å²) in [4.78, 5) is 11.7. The lowest BCUT2D eigenvalue weighted by Crippen LogP contribution is -2.54. The highest BCUT2D eigenvalue weighted by molar-refractivity contribution is 5.86. The van der Waals surface area contributed by atoms with E-state index in [4.69, 9.17) is 4.74 Å². The van der Waals surface area contributed by atoms with Crippen molar-refractivity contribution in [2.45, 2.75) is 70.4 Å². The van der Waals surface area contributed by atoms with E-state index in [1.54, 1.807) is 6.92 Å². The first-order chi connectivity index (χ1) is 12.4. The maximum atomic E-state index is 11.7. The summed E-state index contributed by atoms with van der Waals surface area (Å²) >= 11 is 0. The van der Waals surface area contributed by atoms with Crippen LogP contribution in [0.4, 0.5) is 0 Å². The molecule has 4 N–H and O–H groups in total. The van der Waals surface area contributed by atoms with Crippen LogP contribution in [0.2, 0.25) is 0 Å². The first-order valence-electron chi connectivity index (χ1n) is 9.81. The van der Waals surface area contributed by atoms with Gasteiger partial charge in [-0.15, -0.1) is 0 Å². The maximum absolute atomic E-state index is 11.7. The topological polar surface area (TPSA) is 107 Å². The largest absolute Gasteiger partial charge is 0.426 e. The molecular weight excluding hydrogens is 348 g/mol. The summed E-state index contributed by atoms with van der Waals surface area (Å²) in [5.74, 6) is -2.59. The van der Waals surface area contributed by atoms with Crippen molar-refractivity contribution in [1.82, 2.24) is 0 Å². The van der Waals surface area contributed by atoms with Crippen molar-refractivity contribution in [3.63, 3.8) is 0 Å². The Morgan fingerprint density at radius 3 is 2.59 bits per heavy atom. The van der Waals surface area contributed by atoms with Crippen LogP contribution in [-0.2, 0) is 9.53 Å². The molecular formula is C21H32O6.